The van der Waals surface area contributed by atoms with Crippen molar-refractivity contribution in [2.75, 3.05) is 26.7 Å². The Morgan fingerprint density at radius 1 is 1.04 bits per heavy atom. The van der Waals surface area contributed by atoms with Gasteiger partial charge in [-0.2, -0.15) is 0 Å². The summed E-state index contributed by atoms with van der Waals surface area (Å²) in [7, 11) is -2.31. The molecule has 4 amide bonds. The van der Waals surface area contributed by atoms with Crippen LogP contribution in [0.15, 0.2) is 67.3 Å². The number of benzene rings is 2. The molecule has 3 aromatic rings. The van der Waals surface area contributed by atoms with Gasteiger partial charge in [0, 0.05) is 54.9 Å². The van der Waals surface area contributed by atoms with Crippen LogP contribution in [0.2, 0.25) is 0 Å². The minimum absolute atomic E-state index is 0.0140. The van der Waals surface area contributed by atoms with Crippen molar-refractivity contribution in [3.63, 3.8) is 0 Å². The number of piperidine rings is 1. The Morgan fingerprint density at radius 3 is 2.39 bits per heavy atom. The van der Waals surface area contributed by atoms with E-state index in [1.54, 1.807) is 7.11 Å². The molecule has 5 atom stereocenters. The molecule has 2 saturated carbocycles. The van der Waals surface area contributed by atoms with Gasteiger partial charge in [0.25, 0.3) is 5.91 Å². The van der Waals surface area contributed by atoms with Crippen LogP contribution in [0.5, 0.6) is 11.5 Å². The molecule has 2 N–H and O–H groups in total. The minimum Gasteiger partial charge on any atom is -0.497 e. The van der Waals surface area contributed by atoms with Crippen molar-refractivity contribution in [1.29, 1.82) is 0 Å². The van der Waals surface area contributed by atoms with E-state index in [9.17, 15) is 27.6 Å². The van der Waals surface area contributed by atoms with Crippen molar-refractivity contribution in [1.82, 2.24) is 24.8 Å². The van der Waals surface area contributed by atoms with E-state index < -0.39 is 62.0 Å². The second-order valence-corrected chi connectivity index (χ2v) is 18.9. The number of hydrogen-bond donors (Lipinski definition) is 2. The fraction of sp³-hybridized carbons (Fsp3) is 0.512. The molecule has 0 radical (unpaired) electrons. The van der Waals surface area contributed by atoms with E-state index in [0.29, 0.717) is 54.0 Å². The number of hydrogen-bond acceptors (Lipinski definition) is 9. The summed E-state index contributed by atoms with van der Waals surface area (Å²) < 4.78 is 40.1. The molecule has 0 spiro atoms. The van der Waals surface area contributed by atoms with E-state index in [4.69, 9.17) is 14.5 Å². The maximum absolute atomic E-state index is 14.9. The smallest absolute Gasteiger partial charge is 0.259 e. The number of carbonyl (C=O) groups excluding carboxylic acids is 4. The number of rotatable bonds is 13. The highest BCUT2D eigenvalue weighted by molar-refractivity contribution is 7.91. The molecule has 7 rings (SSSR count). The Morgan fingerprint density at radius 2 is 1.75 bits per heavy atom. The summed E-state index contributed by atoms with van der Waals surface area (Å²) in [4.78, 5) is 64.9. The largest absolute Gasteiger partial charge is 0.497 e. The fourth-order valence-corrected chi connectivity index (χ4v) is 9.51. The summed E-state index contributed by atoms with van der Waals surface area (Å²) >= 11 is 0. The molecule has 57 heavy (non-hydrogen) atoms. The van der Waals surface area contributed by atoms with Gasteiger partial charge in [0.1, 0.15) is 29.2 Å². The van der Waals surface area contributed by atoms with Gasteiger partial charge in [-0.05, 0) is 56.1 Å². The Balaban J connectivity index is 1.21. The third kappa shape index (κ3) is 8.51. The summed E-state index contributed by atoms with van der Waals surface area (Å²) in [6.45, 7) is 10.9. The summed E-state index contributed by atoms with van der Waals surface area (Å²) in [5.74, 6) is -2.03. The molecular weight excluding hydrogens is 747 g/mol. The van der Waals surface area contributed by atoms with E-state index in [1.165, 1.54) is 11.0 Å². The number of carbonyl (C=O) groups is 4. The number of amides is 4. The molecule has 304 valence electrons. The highest BCUT2D eigenvalue weighted by atomic mass is 32.2. The van der Waals surface area contributed by atoms with Crippen molar-refractivity contribution in [3.05, 3.63) is 67.3 Å². The Bertz CT molecular complexity index is 2160. The summed E-state index contributed by atoms with van der Waals surface area (Å²) in [5.41, 5.74) is -0.0157. The van der Waals surface area contributed by atoms with Crippen LogP contribution < -0.4 is 19.5 Å². The van der Waals surface area contributed by atoms with Gasteiger partial charge >= 0.3 is 0 Å². The van der Waals surface area contributed by atoms with Crippen LogP contribution in [0, 0.1) is 17.3 Å². The third-order valence-corrected chi connectivity index (χ3v) is 13.7. The molecule has 2 aromatic carbocycles. The molecule has 3 heterocycles. The van der Waals surface area contributed by atoms with Gasteiger partial charge in [-0.3, -0.25) is 23.9 Å². The van der Waals surface area contributed by atoms with Crippen molar-refractivity contribution < 1.29 is 37.1 Å². The van der Waals surface area contributed by atoms with E-state index in [-0.39, 0.29) is 37.6 Å². The van der Waals surface area contributed by atoms with Gasteiger partial charge in [-0.1, -0.05) is 57.2 Å². The number of nitrogens with one attached hydrogen (secondary N) is 2. The number of sulfonamides is 1. The van der Waals surface area contributed by atoms with Gasteiger partial charge in [-0.15, -0.1) is 6.58 Å². The van der Waals surface area contributed by atoms with Crippen LogP contribution in [-0.4, -0.2) is 96.5 Å². The number of pyridine rings is 1. The average Bonchev–Trinajstić information content (AvgIpc) is 4.13. The minimum atomic E-state index is -3.90. The average molecular weight is 800 g/mol. The third-order valence-electron chi connectivity index (χ3n) is 11.9. The van der Waals surface area contributed by atoms with Gasteiger partial charge in [0.05, 0.1) is 36.0 Å². The van der Waals surface area contributed by atoms with E-state index >= 15 is 0 Å². The predicted molar refractivity (Wildman–Crippen MR) is 216 cm³/mol. The number of ether oxygens (including phenoxy) is 2. The zero-order chi connectivity index (χ0) is 40.7. The first-order chi connectivity index (χ1) is 27.1. The van der Waals surface area contributed by atoms with E-state index in [2.05, 4.69) is 16.6 Å². The summed E-state index contributed by atoms with van der Waals surface area (Å²) in [6.07, 6.45) is 4.91. The lowest BCUT2D eigenvalue weighted by atomic mass is 9.77. The van der Waals surface area contributed by atoms with Gasteiger partial charge in [-0.25, -0.2) is 13.4 Å². The number of methoxy groups -OCH3 is 1. The zero-order valence-electron chi connectivity index (χ0n) is 33.2. The second kappa shape index (κ2) is 15.8. The molecule has 14 heteroatoms. The van der Waals surface area contributed by atoms with Gasteiger partial charge < -0.3 is 24.6 Å². The lowest BCUT2D eigenvalue weighted by Crippen LogP contribution is -2.57. The molecule has 13 nitrogen and oxygen atoms in total. The topological polar surface area (TPSA) is 164 Å². The lowest BCUT2D eigenvalue weighted by Gasteiger charge is -2.36. The van der Waals surface area contributed by atoms with E-state index in [0.717, 1.165) is 24.8 Å². The lowest BCUT2D eigenvalue weighted by molar-refractivity contribution is -0.148. The maximum Gasteiger partial charge on any atom is 0.259 e. The molecule has 2 aliphatic carbocycles. The van der Waals surface area contributed by atoms with Crippen molar-refractivity contribution >= 4 is 44.6 Å². The van der Waals surface area contributed by atoms with Crippen LogP contribution in [-0.2, 0) is 29.2 Å². The zero-order valence-corrected chi connectivity index (χ0v) is 34.0. The first kappa shape index (κ1) is 40.2. The number of fused-ring (bicyclic) bond motifs is 1. The van der Waals surface area contributed by atoms with Crippen LogP contribution in [0.3, 0.4) is 0 Å². The molecule has 0 unspecified atom stereocenters. The highest BCUT2D eigenvalue weighted by Crippen LogP contribution is 2.46. The standard InChI is InChI=1S/C43H53N5O8S/c1-6-28-25-43(28,41(52)46-57(53,54)31-16-17-31)45-39(50)36-22-30(26-48(36)40(51)33(42(2,3)4)23-38(49)47-19-11-8-12-20-47)56-37-24-34(27-13-9-7-10-14-27)44-35-21-29(55-5)15-18-32(35)37/h6-7,9-10,13-15,18,21,24,28,30-31,33,36H,1,8,11-12,16-17,19-20,22-23,25-26H2,2-5H3,(H,45,50)(H,46,52)/t28-,30+,33+,36+,43+/m0/s1. The maximum atomic E-state index is 14.9. The molecule has 4 aliphatic rings. The first-order valence-corrected chi connectivity index (χ1v) is 21.5. The Hall–Kier alpha value is -4.98. The molecule has 1 aromatic heterocycles. The van der Waals surface area contributed by atoms with Gasteiger partial charge in [0.15, 0.2) is 0 Å². The molecule has 4 fully saturated rings. The van der Waals surface area contributed by atoms with Crippen LogP contribution in [0.1, 0.15) is 72.1 Å². The summed E-state index contributed by atoms with van der Waals surface area (Å²) in [5, 5.41) is 2.94. The van der Waals surface area contributed by atoms with Crippen molar-refractivity contribution in [3.8, 4) is 22.8 Å². The first-order valence-electron chi connectivity index (χ1n) is 19.9. The Labute approximate surface area is 334 Å². The van der Waals surface area contributed by atoms with Gasteiger partial charge in [0.2, 0.25) is 27.7 Å². The summed E-state index contributed by atoms with van der Waals surface area (Å²) in [6, 6.07) is 15.9. The number of aromatic nitrogens is 1. The molecule has 2 aliphatic heterocycles. The van der Waals surface area contributed by atoms with Crippen molar-refractivity contribution in [2.45, 2.75) is 95.1 Å². The molecular formula is C43H53N5O8S. The second-order valence-electron chi connectivity index (χ2n) is 17.0. The van der Waals surface area contributed by atoms with Crippen LogP contribution in [0.4, 0.5) is 0 Å². The predicted octanol–water partition coefficient (Wildman–Crippen LogP) is 4.99. The SMILES string of the molecule is C=C[C@H]1C[C@]1(NC(=O)[C@H]1C[C@@H](Oc2cc(-c3ccccc3)nc3cc(OC)ccc23)CN1C(=O)[C@@H](CC(=O)N1CCCCC1)C(C)(C)C)C(=O)NS(=O)(=O)C1CC1. The van der Waals surface area contributed by atoms with Crippen LogP contribution in [0.25, 0.3) is 22.2 Å². The fourth-order valence-electron chi connectivity index (χ4n) is 8.14. The van der Waals surface area contributed by atoms with Crippen molar-refractivity contribution in [2.24, 2.45) is 17.3 Å². The molecule has 0 bridgehead atoms. The number of likely N-dealkylation sites (tertiary alicyclic amines) is 2. The van der Waals surface area contributed by atoms with Crippen LogP contribution >= 0.6 is 0 Å². The monoisotopic (exact) mass is 799 g/mol. The highest BCUT2D eigenvalue weighted by Gasteiger charge is 2.62. The molecule has 2 saturated heterocycles. The van der Waals surface area contributed by atoms with E-state index in [1.807, 2.05) is 80.3 Å². The number of nitrogens with zero attached hydrogens (tertiary/aromatic N) is 3. The Kier molecular flexibility index (Phi) is 11.1. The quantitative estimate of drug-likeness (QED) is 0.227. The normalized spacial score (nSPS) is 24.0.